The van der Waals surface area contributed by atoms with E-state index < -0.39 is 0 Å². The normalized spacial score (nSPS) is 23.2. The van der Waals surface area contributed by atoms with Crippen molar-refractivity contribution in [2.45, 2.75) is 22.9 Å². The Bertz CT molecular complexity index is 255. The number of aromatic nitrogens is 2. The van der Waals surface area contributed by atoms with Crippen molar-refractivity contribution >= 4 is 23.1 Å². The van der Waals surface area contributed by atoms with Gasteiger partial charge in [-0.1, -0.05) is 23.1 Å². The maximum absolute atomic E-state index is 4.08. The van der Waals surface area contributed by atoms with Gasteiger partial charge in [0.05, 0.1) is 0 Å². The first-order valence-corrected chi connectivity index (χ1v) is 5.72. The van der Waals surface area contributed by atoms with Crippen LogP contribution >= 0.6 is 23.1 Å². The fourth-order valence-electron chi connectivity index (χ4n) is 1.20. The summed E-state index contributed by atoms with van der Waals surface area (Å²) in [6.45, 7) is 4.26. The molecule has 0 saturated carbocycles. The number of aryl methyl sites for hydroxylation is 1. The monoisotopic (exact) mass is 201 g/mol. The number of thioether (sulfide) groups is 1. The molecule has 1 N–H and O–H groups in total. The van der Waals surface area contributed by atoms with Crippen molar-refractivity contribution < 1.29 is 0 Å². The van der Waals surface area contributed by atoms with E-state index in [1.54, 1.807) is 11.3 Å². The molecule has 0 amide bonds. The largest absolute Gasteiger partial charge is 0.316 e. The van der Waals surface area contributed by atoms with Crippen LogP contribution in [0, 0.1) is 6.92 Å². The van der Waals surface area contributed by atoms with Crippen LogP contribution in [0.2, 0.25) is 0 Å². The minimum atomic E-state index is 0.706. The summed E-state index contributed by atoms with van der Waals surface area (Å²) in [5.74, 6) is 0. The number of rotatable bonds is 2. The molecule has 1 fully saturated rings. The van der Waals surface area contributed by atoms with Crippen molar-refractivity contribution in [1.29, 1.82) is 0 Å². The van der Waals surface area contributed by atoms with Gasteiger partial charge in [-0.05, 0) is 19.9 Å². The number of hydrogen-bond acceptors (Lipinski definition) is 5. The lowest BCUT2D eigenvalue weighted by molar-refractivity contribution is 0.858. The van der Waals surface area contributed by atoms with Gasteiger partial charge in [0, 0.05) is 11.8 Å². The van der Waals surface area contributed by atoms with Gasteiger partial charge < -0.3 is 5.32 Å². The molecule has 3 nitrogen and oxygen atoms in total. The van der Waals surface area contributed by atoms with Crippen LogP contribution in [0.5, 0.6) is 0 Å². The highest BCUT2D eigenvalue weighted by Gasteiger charge is 2.17. The molecule has 1 aromatic heterocycles. The van der Waals surface area contributed by atoms with Crippen LogP contribution < -0.4 is 5.32 Å². The Morgan fingerprint density at radius 3 is 3.08 bits per heavy atom. The first kappa shape index (κ1) is 8.47. The molecule has 0 spiro atoms. The molecule has 1 saturated heterocycles. The molecule has 12 heavy (non-hydrogen) atoms. The summed E-state index contributed by atoms with van der Waals surface area (Å²) < 4.78 is 1.11. The molecular formula is C7H11N3S2. The highest BCUT2D eigenvalue weighted by atomic mass is 32.2. The quantitative estimate of drug-likeness (QED) is 0.782. The van der Waals surface area contributed by atoms with Crippen LogP contribution in [0.25, 0.3) is 0 Å². The molecule has 0 aliphatic carbocycles. The first-order valence-electron chi connectivity index (χ1n) is 4.02. The zero-order chi connectivity index (χ0) is 8.39. The Labute approximate surface area is 80.0 Å². The van der Waals surface area contributed by atoms with E-state index in [1.807, 2.05) is 18.7 Å². The topological polar surface area (TPSA) is 37.8 Å². The average Bonchev–Trinajstić information content (AvgIpc) is 2.63. The SMILES string of the molecule is Cc1nnc(S[C@@H]2CCNC2)s1. The average molecular weight is 201 g/mol. The van der Waals surface area contributed by atoms with Gasteiger partial charge in [0.2, 0.25) is 0 Å². The van der Waals surface area contributed by atoms with Gasteiger partial charge in [-0.25, -0.2) is 0 Å². The van der Waals surface area contributed by atoms with Crippen molar-refractivity contribution in [2.24, 2.45) is 0 Å². The Morgan fingerprint density at radius 2 is 2.50 bits per heavy atom. The maximum Gasteiger partial charge on any atom is 0.174 e. The van der Waals surface area contributed by atoms with Crippen molar-refractivity contribution in [2.75, 3.05) is 13.1 Å². The Kier molecular flexibility index (Phi) is 2.63. The summed E-state index contributed by atoms with van der Waals surface area (Å²) in [5.41, 5.74) is 0. The zero-order valence-corrected chi connectivity index (χ0v) is 8.54. The van der Waals surface area contributed by atoms with E-state index >= 15 is 0 Å². The van der Waals surface area contributed by atoms with Gasteiger partial charge >= 0.3 is 0 Å². The minimum Gasteiger partial charge on any atom is -0.316 e. The minimum absolute atomic E-state index is 0.706. The fraction of sp³-hybridized carbons (Fsp3) is 0.714. The molecular weight excluding hydrogens is 190 g/mol. The summed E-state index contributed by atoms with van der Waals surface area (Å²) in [7, 11) is 0. The van der Waals surface area contributed by atoms with Crippen LogP contribution in [-0.4, -0.2) is 28.5 Å². The van der Waals surface area contributed by atoms with Crippen molar-refractivity contribution in [3.8, 4) is 0 Å². The molecule has 1 aliphatic rings. The Balaban J connectivity index is 1.94. The third kappa shape index (κ3) is 1.97. The van der Waals surface area contributed by atoms with Crippen molar-refractivity contribution in [3.05, 3.63) is 5.01 Å². The molecule has 66 valence electrons. The zero-order valence-electron chi connectivity index (χ0n) is 6.91. The standard InChI is InChI=1S/C7H11N3S2/c1-5-9-10-7(11-5)12-6-2-3-8-4-6/h6,8H,2-4H2,1H3/t6-/m1/s1. The number of hydrogen-bond donors (Lipinski definition) is 1. The summed E-state index contributed by atoms with van der Waals surface area (Å²) in [5, 5.41) is 13.2. The summed E-state index contributed by atoms with van der Waals surface area (Å²) >= 11 is 3.54. The predicted molar refractivity (Wildman–Crippen MR) is 51.8 cm³/mol. The molecule has 5 heteroatoms. The molecule has 1 atom stereocenters. The Hall–Kier alpha value is -0.130. The van der Waals surface area contributed by atoms with E-state index in [1.165, 1.54) is 6.42 Å². The molecule has 1 aromatic rings. The highest BCUT2D eigenvalue weighted by Crippen LogP contribution is 2.28. The van der Waals surface area contributed by atoms with Gasteiger partial charge in [0.25, 0.3) is 0 Å². The van der Waals surface area contributed by atoms with Gasteiger partial charge in [-0.3, -0.25) is 0 Å². The third-order valence-corrected chi connectivity index (χ3v) is 3.98. The molecule has 0 radical (unpaired) electrons. The van der Waals surface area contributed by atoms with E-state index in [4.69, 9.17) is 0 Å². The third-order valence-electron chi connectivity index (χ3n) is 1.79. The second-order valence-electron chi connectivity index (χ2n) is 2.82. The summed E-state index contributed by atoms with van der Waals surface area (Å²) in [6.07, 6.45) is 1.25. The molecule has 0 bridgehead atoms. The van der Waals surface area contributed by atoms with Gasteiger partial charge in [-0.15, -0.1) is 10.2 Å². The van der Waals surface area contributed by atoms with E-state index in [0.717, 1.165) is 22.4 Å². The lowest BCUT2D eigenvalue weighted by atomic mass is 10.4. The maximum atomic E-state index is 4.08. The van der Waals surface area contributed by atoms with E-state index in [0.29, 0.717) is 5.25 Å². The molecule has 2 heterocycles. The molecule has 1 aliphatic heterocycles. The molecule has 2 rings (SSSR count). The molecule has 0 aromatic carbocycles. The lowest BCUT2D eigenvalue weighted by Gasteiger charge is -2.02. The van der Waals surface area contributed by atoms with Gasteiger partial charge in [-0.2, -0.15) is 0 Å². The van der Waals surface area contributed by atoms with Gasteiger partial charge in [0.15, 0.2) is 4.34 Å². The highest BCUT2D eigenvalue weighted by molar-refractivity contribution is 8.01. The summed E-state index contributed by atoms with van der Waals surface area (Å²) in [4.78, 5) is 0. The van der Waals surface area contributed by atoms with Crippen LogP contribution in [0.4, 0.5) is 0 Å². The smallest absolute Gasteiger partial charge is 0.174 e. The van der Waals surface area contributed by atoms with Crippen LogP contribution in [0.1, 0.15) is 11.4 Å². The van der Waals surface area contributed by atoms with E-state index in [-0.39, 0.29) is 0 Å². The van der Waals surface area contributed by atoms with Crippen LogP contribution in [-0.2, 0) is 0 Å². The van der Waals surface area contributed by atoms with Crippen molar-refractivity contribution in [3.63, 3.8) is 0 Å². The molecule has 0 unspecified atom stereocenters. The van der Waals surface area contributed by atoms with E-state index in [2.05, 4.69) is 15.5 Å². The number of nitrogens with one attached hydrogen (secondary N) is 1. The second-order valence-corrected chi connectivity index (χ2v) is 5.55. The summed E-state index contributed by atoms with van der Waals surface area (Å²) in [6, 6.07) is 0. The van der Waals surface area contributed by atoms with Crippen LogP contribution in [0.15, 0.2) is 4.34 Å². The second kappa shape index (κ2) is 3.72. The Morgan fingerprint density at radius 1 is 1.58 bits per heavy atom. The van der Waals surface area contributed by atoms with Gasteiger partial charge in [0.1, 0.15) is 5.01 Å². The fourth-order valence-corrected chi connectivity index (χ4v) is 3.39. The van der Waals surface area contributed by atoms with Crippen LogP contribution in [0.3, 0.4) is 0 Å². The lowest BCUT2D eigenvalue weighted by Crippen LogP contribution is -2.09. The first-order chi connectivity index (χ1) is 5.84. The predicted octanol–water partition coefficient (Wildman–Crippen LogP) is 1.30. The van der Waals surface area contributed by atoms with Crippen molar-refractivity contribution in [1.82, 2.24) is 15.5 Å². The van der Waals surface area contributed by atoms with E-state index in [9.17, 15) is 0 Å². The number of nitrogens with zero attached hydrogens (tertiary/aromatic N) is 2.